The lowest BCUT2D eigenvalue weighted by atomic mass is 10.3. The van der Waals surface area contributed by atoms with Crippen LogP contribution < -0.4 is 0 Å². The monoisotopic (exact) mass is 191 g/mol. The first kappa shape index (κ1) is 11.8. The van der Waals surface area contributed by atoms with Crippen LogP contribution in [0.3, 0.4) is 0 Å². The number of rotatable bonds is 3. The molecule has 0 heterocycles. The number of aliphatic hydroxyl groups excluding tert-OH is 1. The first-order chi connectivity index (χ1) is 5.34. The molecular formula is C8H17NO2S. The molecule has 0 bridgehead atoms. The molecule has 2 atom stereocenters. The van der Waals surface area contributed by atoms with Gasteiger partial charge in [0.25, 0.3) is 0 Å². The maximum atomic E-state index is 11.3. The lowest BCUT2D eigenvalue weighted by Gasteiger charge is -2.12. The highest BCUT2D eigenvalue weighted by Crippen LogP contribution is 2.11. The Morgan fingerprint density at radius 3 is 2.42 bits per heavy atom. The number of nitrogens with zero attached hydrogens (tertiary/aromatic N) is 1. The van der Waals surface area contributed by atoms with Crippen LogP contribution in [0.1, 0.15) is 34.1 Å². The van der Waals surface area contributed by atoms with Gasteiger partial charge in [0.05, 0.1) is 10.9 Å². The lowest BCUT2D eigenvalue weighted by molar-refractivity contribution is 0.204. The second-order valence-electron chi connectivity index (χ2n) is 3.73. The van der Waals surface area contributed by atoms with Crippen LogP contribution in [0, 0.1) is 0 Å². The van der Waals surface area contributed by atoms with Gasteiger partial charge in [0.1, 0.15) is 11.0 Å². The van der Waals surface area contributed by atoms with Crippen molar-refractivity contribution in [3.05, 3.63) is 0 Å². The molecule has 0 saturated carbocycles. The molecule has 3 nitrogen and oxygen atoms in total. The molecule has 0 saturated heterocycles. The van der Waals surface area contributed by atoms with E-state index in [2.05, 4.69) is 4.40 Å². The summed E-state index contributed by atoms with van der Waals surface area (Å²) >= 11 is 0. The molecule has 0 aromatic heterocycles. The van der Waals surface area contributed by atoms with Gasteiger partial charge in [-0.15, -0.1) is 0 Å². The smallest absolute Gasteiger partial charge is 0.144 e. The fraction of sp³-hybridized carbons (Fsp3) is 0.875. The second kappa shape index (κ2) is 4.72. The van der Waals surface area contributed by atoms with Crippen molar-refractivity contribution >= 4 is 17.2 Å². The number of hydrogen-bond acceptors (Lipinski definition) is 2. The topological polar surface area (TPSA) is 49.7 Å². The quantitative estimate of drug-likeness (QED) is 0.683. The van der Waals surface area contributed by atoms with E-state index in [9.17, 15) is 4.21 Å². The zero-order valence-electron chi connectivity index (χ0n) is 8.07. The molecule has 0 aliphatic heterocycles. The average molecular weight is 191 g/mol. The van der Waals surface area contributed by atoms with E-state index >= 15 is 0 Å². The molecule has 0 spiro atoms. The van der Waals surface area contributed by atoms with Crippen LogP contribution in [0.4, 0.5) is 0 Å². The van der Waals surface area contributed by atoms with Gasteiger partial charge in [-0.05, 0) is 27.7 Å². The van der Waals surface area contributed by atoms with E-state index in [4.69, 9.17) is 5.11 Å². The van der Waals surface area contributed by atoms with E-state index in [1.165, 1.54) is 6.21 Å². The van der Waals surface area contributed by atoms with Gasteiger partial charge in [-0.2, -0.15) is 4.40 Å². The van der Waals surface area contributed by atoms with Crippen molar-refractivity contribution in [2.45, 2.75) is 45.0 Å². The van der Waals surface area contributed by atoms with Crippen LogP contribution in [-0.4, -0.2) is 26.4 Å². The van der Waals surface area contributed by atoms with Crippen molar-refractivity contribution in [2.24, 2.45) is 4.40 Å². The zero-order chi connectivity index (χ0) is 9.78. The molecule has 0 aliphatic carbocycles. The van der Waals surface area contributed by atoms with Crippen LogP contribution in [0.2, 0.25) is 0 Å². The van der Waals surface area contributed by atoms with Crippen LogP contribution in [0.25, 0.3) is 0 Å². The molecular weight excluding hydrogens is 174 g/mol. The normalized spacial score (nSPS) is 18.1. The van der Waals surface area contributed by atoms with E-state index < -0.39 is 17.1 Å². The highest BCUT2D eigenvalue weighted by Gasteiger charge is 2.17. The largest absolute Gasteiger partial charge is 0.393 e. The predicted octanol–water partition coefficient (Wildman–Crippen LogP) is 1.29. The Morgan fingerprint density at radius 1 is 1.58 bits per heavy atom. The van der Waals surface area contributed by atoms with Gasteiger partial charge in [0.15, 0.2) is 0 Å². The molecule has 0 aliphatic rings. The van der Waals surface area contributed by atoms with Gasteiger partial charge >= 0.3 is 0 Å². The Morgan fingerprint density at radius 2 is 2.08 bits per heavy atom. The van der Waals surface area contributed by atoms with Crippen LogP contribution in [-0.2, 0) is 11.0 Å². The van der Waals surface area contributed by atoms with Gasteiger partial charge in [0.2, 0.25) is 0 Å². The molecule has 0 amide bonds. The third-order valence-electron chi connectivity index (χ3n) is 1.14. The Kier molecular flexibility index (Phi) is 4.63. The summed E-state index contributed by atoms with van der Waals surface area (Å²) in [6.07, 6.45) is 1.57. The van der Waals surface area contributed by atoms with Gasteiger partial charge in [-0.1, -0.05) is 0 Å². The SMILES string of the molecule is CC(O)C/C=N/S(=O)C(C)(C)C. The summed E-state index contributed by atoms with van der Waals surface area (Å²) in [6, 6.07) is 0. The van der Waals surface area contributed by atoms with Crippen molar-refractivity contribution in [3.63, 3.8) is 0 Å². The second-order valence-corrected chi connectivity index (χ2v) is 5.67. The van der Waals surface area contributed by atoms with Crippen molar-refractivity contribution in [3.8, 4) is 0 Å². The zero-order valence-corrected chi connectivity index (χ0v) is 8.89. The summed E-state index contributed by atoms with van der Waals surface area (Å²) in [4.78, 5) is 0. The molecule has 0 fully saturated rings. The third kappa shape index (κ3) is 5.43. The first-order valence-corrected chi connectivity index (χ1v) is 5.07. The van der Waals surface area contributed by atoms with Crippen molar-refractivity contribution in [1.82, 2.24) is 0 Å². The van der Waals surface area contributed by atoms with Gasteiger partial charge in [0, 0.05) is 12.6 Å². The maximum absolute atomic E-state index is 11.3. The average Bonchev–Trinajstić information content (AvgIpc) is 1.84. The van der Waals surface area contributed by atoms with E-state index in [0.717, 1.165) is 0 Å². The van der Waals surface area contributed by atoms with E-state index in [1.54, 1.807) is 6.92 Å². The van der Waals surface area contributed by atoms with E-state index in [0.29, 0.717) is 6.42 Å². The standard InChI is InChI=1S/C8H17NO2S/c1-7(10)5-6-9-12(11)8(2,3)4/h6-7,10H,5H2,1-4H3/b9-6+. The molecule has 0 aromatic rings. The summed E-state index contributed by atoms with van der Waals surface area (Å²) in [5.41, 5.74) is 0. The van der Waals surface area contributed by atoms with Crippen LogP contribution in [0.15, 0.2) is 4.40 Å². The summed E-state index contributed by atoms with van der Waals surface area (Å²) in [6.45, 7) is 7.26. The summed E-state index contributed by atoms with van der Waals surface area (Å²) in [7, 11) is -1.20. The third-order valence-corrected chi connectivity index (χ3v) is 2.53. The minimum atomic E-state index is -1.20. The summed E-state index contributed by atoms with van der Waals surface area (Å²) in [5, 5.41) is 8.88. The van der Waals surface area contributed by atoms with Crippen LogP contribution in [0.5, 0.6) is 0 Å². The molecule has 2 unspecified atom stereocenters. The number of aliphatic hydroxyl groups is 1. The van der Waals surface area contributed by atoms with Gasteiger partial charge in [-0.3, -0.25) is 0 Å². The lowest BCUT2D eigenvalue weighted by Crippen LogP contribution is -2.19. The Hall–Kier alpha value is -0.220. The fourth-order valence-corrected chi connectivity index (χ4v) is 0.959. The summed E-state index contributed by atoms with van der Waals surface area (Å²) < 4.78 is 14.8. The molecule has 0 radical (unpaired) electrons. The number of hydrogen-bond donors (Lipinski definition) is 1. The van der Waals surface area contributed by atoms with Gasteiger partial charge < -0.3 is 5.11 Å². The minimum Gasteiger partial charge on any atom is -0.393 e. The molecule has 1 N–H and O–H groups in total. The maximum Gasteiger partial charge on any atom is 0.144 e. The highest BCUT2D eigenvalue weighted by atomic mass is 32.2. The van der Waals surface area contributed by atoms with Crippen molar-refractivity contribution < 1.29 is 9.32 Å². The van der Waals surface area contributed by atoms with Crippen LogP contribution >= 0.6 is 0 Å². The Balaban J connectivity index is 3.93. The molecule has 4 heteroatoms. The van der Waals surface area contributed by atoms with Crippen molar-refractivity contribution in [1.29, 1.82) is 0 Å². The first-order valence-electron chi connectivity index (χ1n) is 3.96. The molecule has 0 aromatic carbocycles. The molecule has 12 heavy (non-hydrogen) atoms. The fourth-order valence-electron chi connectivity index (χ4n) is 0.421. The highest BCUT2D eigenvalue weighted by molar-refractivity contribution is 7.85. The Labute approximate surface area is 76.5 Å². The minimum absolute atomic E-state index is 0.310. The molecule has 0 rings (SSSR count). The summed E-state index contributed by atoms with van der Waals surface area (Å²) in [5.74, 6) is 0. The van der Waals surface area contributed by atoms with Gasteiger partial charge in [-0.25, -0.2) is 4.21 Å². The Bertz CT molecular complexity index is 182. The van der Waals surface area contributed by atoms with Crippen molar-refractivity contribution in [2.75, 3.05) is 0 Å². The molecule has 72 valence electrons. The predicted molar refractivity (Wildman–Crippen MR) is 52.7 cm³/mol. The van der Waals surface area contributed by atoms with E-state index in [-0.39, 0.29) is 4.75 Å². The van der Waals surface area contributed by atoms with E-state index in [1.807, 2.05) is 20.8 Å².